The Bertz CT molecular complexity index is 662. The highest BCUT2D eigenvalue weighted by molar-refractivity contribution is 5.75. The topological polar surface area (TPSA) is 61.2 Å². The molecule has 0 radical (unpaired) electrons. The summed E-state index contributed by atoms with van der Waals surface area (Å²) in [6.45, 7) is 1.39. The van der Waals surface area contributed by atoms with Gasteiger partial charge < -0.3 is 4.74 Å². The number of benzene rings is 1. The summed E-state index contributed by atoms with van der Waals surface area (Å²) in [5.74, 6) is 0.551. The highest BCUT2D eigenvalue weighted by atomic mass is 16.5. The van der Waals surface area contributed by atoms with Crippen molar-refractivity contribution in [1.82, 2.24) is 9.78 Å². The molecule has 19 heavy (non-hydrogen) atoms. The Balaban J connectivity index is 2.51. The molecule has 0 saturated carbocycles. The monoisotopic (exact) mass is 258 g/mol. The second kappa shape index (κ2) is 5.48. The molecule has 0 bridgehead atoms. The van der Waals surface area contributed by atoms with Crippen molar-refractivity contribution in [3.8, 4) is 17.0 Å². The number of rotatable bonds is 4. The molecule has 2 rings (SSSR count). The van der Waals surface area contributed by atoms with E-state index in [4.69, 9.17) is 4.74 Å². The standard InChI is InChI=1S/C14H14N2O3/c1-10(17)9-16-14(18)8-7-12(15-16)11-5-3-4-6-13(11)19-2/h3-8H,9H2,1-2H3. The molecule has 0 atom stereocenters. The number of methoxy groups -OCH3 is 1. The van der Waals surface area contributed by atoms with Gasteiger partial charge in [0.25, 0.3) is 5.56 Å². The Morgan fingerprint density at radius 1 is 1.26 bits per heavy atom. The summed E-state index contributed by atoms with van der Waals surface area (Å²) in [6.07, 6.45) is 0. The van der Waals surface area contributed by atoms with E-state index in [0.717, 1.165) is 10.2 Å². The lowest BCUT2D eigenvalue weighted by atomic mass is 10.1. The number of para-hydroxylation sites is 1. The molecule has 5 nitrogen and oxygen atoms in total. The Morgan fingerprint density at radius 3 is 2.68 bits per heavy atom. The van der Waals surface area contributed by atoms with Crippen molar-refractivity contribution >= 4 is 5.78 Å². The molecular weight excluding hydrogens is 244 g/mol. The predicted molar refractivity (Wildman–Crippen MR) is 71.2 cm³/mol. The van der Waals surface area contributed by atoms with E-state index in [2.05, 4.69) is 5.10 Å². The van der Waals surface area contributed by atoms with Gasteiger partial charge in [0.05, 0.1) is 12.8 Å². The van der Waals surface area contributed by atoms with Crippen LogP contribution in [0.25, 0.3) is 11.3 Å². The lowest BCUT2D eigenvalue weighted by Gasteiger charge is -2.09. The fourth-order valence-electron chi connectivity index (χ4n) is 1.77. The average Bonchev–Trinajstić information content (AvgIpc) is 2.41. The average molecular weight is 258 g/mol. The number of carbonyl (C=O) groups excluding carboxylic acids is 1. The van der Waals surface area contributed by atoms with Gasteiger partial charge in [0.1, 0.15) is 12.3 Å². The van der Waals surface area contributed by atoms with Gasteiger partial charge >= 0.3 is 0 Å². The SMILES string of the molecule is COc1ccccc1-c1ccc(=O)n(CC(C)=O)n1. The lowest BCUT2D eigenvalue weighted by Crippen LogP contribution is -2.25. The van der Waals surface area contributed by atoms with Gasteiger partial charge in [-0.05, 0) is 25.1 Å². The summed E-state index contributed by atoms with van der Waals surface area (Å²) < 4.78 is 6.41. The number of ketones is 1. The van der Waals surface area contributed by atoms with Crippen molar-refractivity contribution < 1.29 is 9.53 Å². The van der Waals surface area contributed by atoms with Crippen LogP contribution in [0.2, 0.25) is 0 Å². The molecule has 5 heteroatoms. The van der Waals surface area contributed by atoms with Gasteiger partial charge in [-0.15, -0.1) is 0 Å². The zero-order valence-electron chi connectivity index (χ0n) is 10.8. The van der Waals surface area contributed by atoms with Gasteiger partial charge in [-0.25, -0.2) is 4.68 Å². The lowest BCUT2D eigenvalue weighted by molar-refractivity contribution is -0.117. The molecule has 1 aromatic carbocycles. The van der Waals surface area contributed by atoms with Gasteiger partial charge in [-0.2, -0.15) is 5.10 Å². The van der Waals surface area contributed by atoms with Crippen molar-refractivity contribution in [2.45, 2.75) is 13.5 Å². The summed E-state index contributed by atoms with van der Waals surface area (Å²) in [5, 5.41) is 4.19. The molecule has 0 aliphatic carbocycles. The van der Waals surface area contributed by atoms with E-state index in [0.29, 0.717) is 11.4 Å². The molecule has 1 aromatic heterocycles. The zero-order valence-corrected chi connectivity index (χ0v) is 10.8. The van der Waals surface area contributed by atoms with Crippen LogP contribution < -0.4 is 10.3 Å². The second-order valence-corrected chi connectivity index (χ2v) is 4.12. The summed E-state index contributed by atoms with van der Waals surface area (Å²) in [4.78, 5) is 22.7. The molecule has 0 aliphatic heterocycles. The van der Waals surface area contributed by atoms with E-state index >= 15 is 0 Å². The van der Waals surface area contributed by atoms with E-state index in [1.165, 1.54) is 13.0 Å². The maximum atomic E-state index is 11.6. The van der Waals surface area contributed by atoms with Crippen LogP contribution in [-0.2, 0) is 11.3 Å². The largest absolute Gasteiger partial charge is 0.496 e. The summed E-state index contributed by atoms with van der Waals surface area (Å²) in [6, 6.07) is 10.4. The fraction of sp³-hybridized carbons (Fsp3) is 0.214. The molecule has 0 fully saturated rings. The minimum absolute atomic E-state index is 0.0260. The summed E-state index contributed by atoms with van der Waals surface area (Å²) in [7, 11) is 1.57. The minimum atomic E-state index is -0.297. The maximum Gasteiger partial charge on any atom is 0.267 e. The second-order valence-electron chi connectivity index (χ2n) is 4.12. The van der Waals surface area contributed by atoms with Gasteiger partial charge in [-0.3, -0.25) is 9.59 Å². The number of aromatic nitrogens is 2. The van der Waals surface area contributed by atoms with E-state index in [-0.39, 0.29) is 17.9 Å². The number of ether oxygens (including phenoxy) is 1. The number of Topliss-reactive ketones (excluding diaryl/α,β-unsaturated/α-hetero) is 1. The first kappa shape index (κ1) is 13.0. The smallest absolute Gasteiger partial charge is 0.267 e. The molecule has 0 N–H and O–H groups in total. The Labute approximate surface area is 110 Å². The van der Waals surface area contributed by atoms with Crippen molar-refractivity contribution in [2.75, 3.05) is 7.11 Å². The van der Waals surface area contributed by atoms with Gasteiger partial charge in [0.2, 0.25) is 0 Å². The van der Waals surface area contributed by atoms with Crippen molar-refractivity contribution in [1.29, 1.82) is 0 Å². The molecule has 2 aromatic rings. The molecule has 0 saturated heterocycles. The minimum Gasteiger partial charge on any atom is -0.496 e. The van der Waals surface area contributed by atoms with Crippen LogP contribution in [0.4, 0.5) is 0 Å². The zero-order chi connectivity index (χ0) is 13.8. The quantitative estimate of drug-likeness (QED) is 0.834. The number of nitrogens with zero attached hydrogens (tertiary/aromatic N) is 2. The molecule has 0 amide bonds. The third-order valence-corrected chi connectivity index (χ3v) is 2.62. The highest BCUT2D eigenvalue weighted by Crippen LogP contribution is 2.26. The van der Waals surface area contributed by atoms with E-state index in [1.807, 2.05) is 24.3 Å². The number of hydrogen-bond donors (Lipinski definition) is 0. The maximum absolute atomic E-state index is 11.6. The molecule has 0 aliphatic rings. The first-order valence-electron chi connectivity index (χ1n) is 5.83. The molecule has 1 heterocycles. The van der Waals surface area contributed by atoms with Crippen LogP contribution in [0, 0.1) is 0 Å². The van der Waals surface area contributed by atoms with E-state index < -0.39 is 0 Å². The Morgan fingerprint density at radius 2 is 2.00 bits per heavy atom. The Hall–Kier alpha value is -2.43. The Kier molecular flexibility index (Phi) is 3.75. The molecule has 0 unspecified atom stereocenters. The van der Waals surface area contributed by atoms with Crippen LogP contribution in [0.15, 0.2) is 41.2 Å². The van der Waals surface area contributed by atoms with Gasteiger partial charge in [-0.1, -0.05) is 12.1 Å². The van der Waals surface area contributed by atoms with Crippen molar-refractivity contribution in [3.05, 3.63) is 46.8 Å². The summed E-state index contributed by atoms with van der Waals surface area (Å²) in [5.41, 5.74) is 1.08. The number of carbonyl (C=O) groups is 1. The molecule has 0 spiro atoms. The third kappa shape index (κ3) is 2.88. The van der Waals surface area contributed by atoms with Crippen LogP contribution in [-0.4, -0.2) is 22.7 Å². The van der Waals surface area contributed by atoms with Gasteiger partial charge in [0, 0.05) is 11.6 Å². The molecular formula is C14H14N2O3. The highest BCUT2D eigenvalue weighted by Gasteiger charge is 2.09. The van der Waals surface area contributed by atoms with Crippen LogP contribution in [0.3, 0.4) is 0 Å². The van der Waals surface area contributed by atoms with E-state index in [9.17, 15) is 9.59 Å². The molecule has 98 valence electrons. The van der Waals surface area contributed by atoms with Crippen LogP contribution in [0.5, 0.6) is 5.75 Å². The van der Waals surface area contributed by atoms with Crippen LogP contribution >= 0.6 is 0 Å². The van der Waals surface area contributed by atoms with Crippen molar-refractivity contribution in [2.24, 2.45) is 0 Å². The first-order chi connectivity index (χ1) is 9.11. The van der Waals surface area contributed by atoms with Crippen molar-refractivity contribution in [3.63, 3.8) is 0 Å². The first-order valence-corrected chi connectivity index (χ1v) is 5.83. The predicted octanol–water partition coefficient (Wildman–Crippen LogP) is 1.51. The number of hydrogen-bond acceptors (Lipinski definition) is 4. The third-order valence-electron chi connectivity index (χ3n) is 2.62. The van der Waals surface area contributed by atoms with Crippen LogP contribution in [0.1, 0.15) is 6.92 Å². The summed E-state index contributed by atoms with van der Waals surface area (Å²) >= 11 is 0. The fourth-order valence-corrected chi connectivity index (χ4v) is 1.77. The normalized spacial score (nSPS) is 10.2. The van der Waals surface area contributed by atoms with E-state index in [1.54, 1.807) is 13.2 Å². The van der Waals surface area contributed by atoms with Gasteiger partial charge in [0.15, 0.2) is 5.78 Å².